The second kappa shape index (κ2) is 13.9. The van der Waals surface area contributed by atoms with Gasteiger partial charge in [-0.2, -0.15) is 0 Å². The van der Waals surface area contributed by atoms with Crippen molar-refractivity contribution >= 4 is 38.4 Å². The molecule has 0 radical (unpaired) electrons. The van der Waals surface area contributed by atoms with Crippen LogP contribution in [0.5, 0.6) is 17.2 Å². The van der Waals surface area contributed by atoms with Crippen LogP contribution in [0.15, 0.2) is 84.9 Å². The van der Waals surface area contributed by atoms with Gasteiger partial charge in [-0.25, -0.2) is 17.9 Å². The van der Waals surface area contributed by atoms with E-state index in [1.54, 1.807) is 42.5 Å². The maximum Gasteiger partial charge on any atom is 0.337 e. The van der Waals surface area contributed by atoms with Crippen molar-refractivity contribution in [2.45, 2.75) is 57.6 Å². The summed E-state index contributed by atoms with van der Waals surface area (Å²) in [6, 6.07) is 25.2. The first-order valence-corrected chi connectivity index (χ1v) is 16.4. The van der Waals surface area contributed by atoms with Gasteiger partial charge in [0.1, 0.15) is 17.2 Å². The zero-order chi connectivity index (χ0) is 31.1. The summed E-state index contributed by atoms with van der Waals surface area (Å²) in [5.74, 6) is 0.827. The molecule has 4 aromatic rings. The average molecular weight is 617 g/mol. The molecular weight excluding hydrogens is 580 g/mol. The van der Waals surface area contributed by atoms with Crippen LogP contribution in [-0.2, 0) is 21.2 Å². The number of aromatic carboxylic acids is 1. The van der Waals surface area contributed by atoms with Gasteiger partial charge in [-0.05, 0) is 97.0 Å². The number of carboxylic acids is 1. The molecule has 0 bridgehead atoms. The third-order valence-electron chi connectivity index (χ3n) is 7.53. The molecule has 0 aromatic heterocycles. The van der Waals surface area contributed by atoms with Crippen molar-refractivity contribution in [1.29, 1.82) is 0 Å². The Labute approximate surface area is 257 Å². The lowest BCUT2D eigenvalue weighted by molar-refractivity contribution is -0.115. The van der Waals surface area contributed by atoms with E-state index < -0.39 is 16.0 Å². The van der Waals surface area contributed by atoms with Gasteiger partial charge in [0.2, 0.25) is 15.9 Å². The first-order valence-electron chi connectivity index (χ1n) is 14.8. The Morgan fingerprint density at radius 1 is 0.841 bits per heavy atom. The highest BCUT2D eigenvalue weighted by atomic mass is 32.2. The number of anilines is 1. The van der Waals surface area contributed by atoms with Gasteiger partial charge in [0.25, 0.3) is 0 Å². The van der Waals surface area contributed by atoms with Crippen LogP contribution < -0.4 is 19.5 Å². The van der Waals surface area contributed by atoms with Crippen LogP contribution in [0.2, 0.25) is 0 Å². The molecule has 44 heavy (non-hydrogen) atoms. The van der Waals surface area contributed by atoms with E-state index in [0.717, 1.165) is 47.8 Å². The smallest absolute Gasteiger partial charge is 0.337 e. The van der Waals surface area contributed by atoms with E-state index in [1.807, 2.05) is 43.3 Å². The highest BCUT2D eigenvalue weighted by molar-refractivity contribution is 7.89. The van der Waals surface area contributed by atoms with Gasteiger partial charge in [-0.15, -0.1) is 0 Å². The number of ether oxygens (including phenoxy) is 2. The van der Waals surface area contributed by atoms with Crippen LogP contribution in [0.25, 0.3) is 10.8 Å². The molecule has 0 spiro atoms. The third-order valence-corrected chi connectivity index (χ3v) is 9.17. The summed E-state index contributed by atoms with van der Waals surface area (Å²) in [6.07, 6.45) is 3.87. The lowest BCUT2D eigenvalue weighted by Crippen LogP contribution is -2.40. The number of carbonyl (C=O) groups is 2. The third kappa shape index (κ3) is 8.36. The van der Waals surface area contributed by atoms with E-state index in [1.165, 1.54) is 6.07 Å². The Morgan fingerprint density at radius 3 is 2.16 bits per heavy atom. The number of rotatable bonds is 12. The van der Waals surface area contributed by atoms with Gasteiger partial charge in [-0.1, -0.05) is 43.3 Å². The molecule has 0 saturated heterocycles. The summed E-state index contributed by atoms with van der Waals surface area (Å²) in [4.78, 5) is 23.9. The van der Waals surface area contributed by atoms with Gasteiger partial charge in [0, 0.05) is 6.04 Å². The van der Waals surface area contributed by atoms with Crippen LogP contribution in [0.1, 0.15) is 54.9 Å². The van der Waals surface area contributed by atoms with Crippen molar-refractivity contribution in [3.63, 3.8) is 0 Å². The predicted octanol–water partition coefficient (Wildman–Crippen LogP) is 6.53. The predicted molar refractivity (Wildman–Crippen MR) is 170 cm³/mol. The Kier molecular flexibility index (Phi) is 9.82. The van der Waals surface area contributed by atoms with Crippen LogP contribution >= 0.6 is 0 Å². The zero-order valence-electron chi connectivity index (χ0n) is 24.5. The molecule has 9 nitrogen and oxygen atoms in total. The number of fused-ring (bicyclic) bond motifs is 1. The van der Waals surface area contributed by atoms with E-state index >= 15 is 0 Å². The summed E-state index contributed by atoms with van der Waals surface area (Å²) in [6.45, 7) is 1.86. The number of sulfonamides is 1. The second-order valence-corrected chi connectivity index (χ2v) is 12.9. The highest BCUT2D eigenvalue weighted by Gasteiger charge is 2.25. The molecule has 1 fully saturated rings. The number of nitrogens with one attached hydrogen (secondary N) is 2. The van der Waals surface area contributed by atoms with Crippen molar-refractivity contribution in [3.05, 3.63) is 96.1 Å². The highest BCUT2D eigenvalue weighted by Crippen LogP contribution is 2.30. The quantitative estimate of drug-likeness (QED) is 0.165. The number of benzene rings is 4. The van der Waals surface area contributed by atoms with Crippen LogP contribution in [0.4, 0.5) is 5.69 Å². The fraction of sp³-hybridized carbons (Fsp3) is 0.294. The minimum atomic E-state index is -3.21. The molecule has 1 aliphatic rings. The average Bonchev–Trinajstić information content (AvgIpc) is 2.99. The molecule has 0 atom stereocenters. The molecule has 1 amide bonds. The fourth-order valence-corrected chi connectivity index (χ4v) is 6.78. The molecule has 0 heterocycles. The van der Waals surface area contributed by atoms with Gasteiger partial charge in [0.15, 0.2) is 0 Å². The van der Waals surface area contributed by atoms with Crippen molar-refractivity contribution in [2.75, 3.05) is 11.1 Å². The molecule has 5 rings (SSSR count). The molecule has 4 aromatic carbocycles. The van der Waals surface area contributed by atoms with Crippen molar-refractivity contribution in [2.24, 2.45) is 0 Å². The molecule has 0 aliphatic heterocycles. The standard InChI is InChI=1S/C34H36N2O7S/c1-2-19-44(40,41)36-26-11-17-28(18-12-26)43-30-16-10-24-21-29(15-9-25(24)22-30)42-27-13-7-23(8-14-27)20-33(37)35-32-6-4-3-5-31(32)34(38)39/h3-10,13-16,21-22,26,28,36H,2,11-12,17-20H2,1H3,(H,35,37)(H,38,39). The van der Waals surface area contributed by atoms with Crippen LogP contribution in [0.3, 0.4) is 0 Å². The zero-order valence-corrected chi connectivity index (χ0v) is 25.3. The van der Waals surface area contributed by atoms with Gasteiger partial charge in [-0.3, -0.25) is 4.79 Å². The van der Waals surface area contributed by atoms with Crippen LogP contribution in [-0.4, -0.2) is 43.3 Å². The molecule has 10 heteroatoms. The number of carboxylic acid groups (broad SMARTS) is 1. The summed E-state index contributed by atoms with van der Waals surface area (Å²) < 4.78 is 39.2. The van der Waals surface area contributed by atoms with E-state index in [0.29, 0.717) is 17.9 Å². The van der Waals surface area contributed by atoms with Crippen LogP contribution in [0, 0.1) is 0 Å². The number of carbonyl (C=O) groups excluding carboxylic acids is 1. The summed E-state index contributed by atoms with van der Waals surface area (Å²) >= 11 is 0. The number of hydrogen-bond acceptors (Lipinski definition) is 6. The first kappa shape index (κ1) is 31.0. The van der Waals surface area contributed by atoms with E-state index in [4.69, 9.17) is 9.47 Å². The maximum absolute atomic E-state index is 12.5. The minimum absolute atomic E-state index is 0.0225. The lowest BCUT2D eigenvalue weighted by atomic mass is 9.93. The summed E-state index contributed by atoms with van der Waals surface area (Å²) in [5, 5.41) is 14.0. The number of para-hydroxylation sites is 1. The Morgan fingerprint density at radius 2 is 1.48 bits per heavy atom. The fourth-order valence-electron chi connectivity index (χ4n) is 5.38. The lowest BCUT2D eigenvalue weighted by Gasteiger charge is -2.29. The van der Waals surface area contributed by atoms with E-state index in [2.05, 4.69) is 10.0 Å². The number of hydrogen-bond donors (Lipinski definition) is 3. The molecule has 1 saturated carbocycles. The summed E-state index contributed by atoms with van der Waals surface area (Å²) in [7, 11) is -3.21. The van der Waals surface area contributed by atoms with E-state index in [9.17, 15) is 23.1 Å². The second-order valence-electron chi connectivity index (χ2n) is 11.0. The minimum Gasteiger partial charge on any atom is -0.490 e. The molecule has 0 unspecified atom stereocenters. The largest absolute Gasteiger partial charge is 0.490 e. The molecule has 230 valence electrons. The van der Waals surface area contributed by atoms with Crippen molar-refractivity contribution in [3.8, 4) is 17.2 Å². The molecular formula is C34H36N2O7S. The molecule has 3 N–H and O–H groups in total. The summed E-state index contributed by atoms with van der Waals surface area (Å²) in [5.41, 5.74) is 1.07. The SMILES string of the molecule is CCCS(=O)(=O)NC1CCC(Oc2ccc3cc(Oc4ccc(CC(=O)Nc5ccccc5C(=O)O)cc4)ccc3c2)CC1. The normalized spacial score (nSPS) is 16.8. The Bertz CT molecular complexity index is 1730. The van der Waals surface area contributed by atoms with Crippen molar-refractivity contribution in [1.82, 2.24) is 4.72 Å². The monoisotopic (exact) mass is 616 g/mol. The van der Waals surface area contributed by atoms with Gasteiger partial charge in [0.05, 0.1) is 29.5 Å². The van der Waals surface area contributed by atoms with Crippen molar-refractivity contribution < 1.29 is 32.6 Å². The molecule has 1 aliphatic carbocycles. The Hall–Kier alpha value is -4.41. The number of amides is 1. The van der Waals surface area contributed by atoms with Gasteiger partial charge < -0.3 is 19.9 Å². The Balaban J connectivity index is 1.13. The first-order chi connectivity index (χ1) is 21.2. The topological polar surface area (TPSA) is 131 Å². The maximum atomic E-state index is 12.5. The van der Waals surface area contributed by atoms with E-state index in [-0.39, 0.29) is 41.5 Å². The van der Waals surface area contributed by atoms with Gasteiger partial charge >= 0.3 is 5.97 Å².